The molecule has 1 heterocycles. The lowest BCUT2D eigenvalue weighted by Gasteiger charge is -2.25. The Morgan fingerprint density at radius 2 is 2.11 bits per heavy atom. The van der Waals surface area contributed by atoms with Crippen molar-refractivity contribution in [2.45, 2.75) is 52.2 Å². The van der Waals surface area contributed by atoms with Crippen LogP contribution < -0.4 is 4.90 Å². The van der Waals surface area contributed by atoms with Crippen LogP contribution in [-0.2, 0) is 4.74 Å². The van der Waals surface area contributed by atoms with Gasteiger partial charge in [0.15, 0.2) is 0 Å². The highest BCUT2D eigenvalue weighted by Gasteiger charge is 2.39. The van der Waals surface area contributed by atoms with Gasteiger partial charge >= 0.3 is 6.09 Å². The van der Waals surface area contributed by atoms with E-state index < -0.39 is 5.60 Å². The van der Waals surface area contributed by atoms with Crippen molar-refractivity contribution in [3.8, 4) is 0 Å². The highest BCUT2D eigenvalue weighted by molar-refractivity contribution is 9.10. The van der Waals surface area contributed by atoms with E-state index in [9.17, 15) is 4.79 Å². The molecule has 0 atom stereocenters. The Labute approximate surface area is 115 Å². The molecule has 1 amide bonds. The second-order valence-electron chi connectivity index (χ2n) is 5.47. The van der Waals surface area contributed by atoms with Crippen molar-refractivity contribution in [2.75, 3.05) is 4.90 Å². The van der Waals surface area contributed by atoms with Gasteiger partial charge in [0, 0.05) is 6.04 Å². The summed E-state index contributed by atoms with van der Waals surface area (Å²) in [7, 11) is 0. The summed E-state index contributed by atoms with van der Waals surface area (Å²) in [5.41, 5.74) is 0.199. The lowest BCUT2D eigenvalue weighted by Crippen LogP contribution is -2.38. The van der Waals surface area contributed by atoms with Gasteiger partial charge in [0.2, 0.25) is 0 Å². The van der Waals surface area contributed by atoms with Crippen molar-refractivity contribution < 1.29 is 14.1 Å². The molecule has 1 aliphatic carbocycles. The summed E-state index contributed by atoms with van der Waals surface area (Å²) in [6, 6.07) is 0.156. The van der Waals surface area contributed by atoms with Crippen LogP contribution >= 0.6 is 15.9 Å². The fraction of sp³-hybridized carbons (Fsp3) is 0.667. The monoisotopic (exact) mass is 316 g/mol. The molecule has 0 saturated heterocycles. The highest BCUT2D eigenvalue weighted by Crippen LogP contribution is 2.38. The Bertz CT molecular complexity index is 460. The second-order valence-corrected chi connectivity index (χ2v) is 6.26. The van der Waals surface area contributed by atoms with Crippen molar-refractivity contribution in [3.05, 3.63) is 10.2 Å². The molecule has 0 spiro atoms. The standard InChI is InChI=1S/C12H17BrN2O3/c1-7-9(13)10(18-14-7)15(8-5-6-8)11(16)17-12(2,3)4/h8H,5-6H2,1-4H3. The van der Waals surface area contributed by atoms with Crippen molar-refractivity contribution >= 4 is 27.9 Å². The SMILES string of the molecule is Cc1noc(N(C(=O)OC(C)(C)C)C2CC2)c1Br. The first-order valence-corrected chi connectivity index (χ1v) is 6.73. The van der Waals surface area contributed by atoms with E-state index in [4.69, 9.17) is 9.26 Å². The van der Waals surface area contributed by atoms with Crippen LogP contribution in [0.3, 0.4) is 0 Å². The molecule has 6 heteroatoms. The predicted molar refractivity (Wildman–Crippen MR) is 70.7 cm³/mol. The van der Waals surface area contributed by atoms with Crippen LogP contribution in [0.4, 0.5) is 10.7 Å². The Kier molecular flexibility index (Phi) is 3.40. The number of halogens is 1. The molecule has 5 nitrogen and oxygen atoms in total. The van der Waals surface area contributed by atoms with Crippen LogP contribution in [0.1, 0.15) is 39.3 Å². The first-order valence-electron chi connectivity index (χ1n) is 5.93. The summed E-state index contributed by atoms with van der Waals surface area (Å²) in [4.78, 5) is 13.7. The second kappa shape index (κ2) is 4.57. The zero-order valence-corrected chi connectivity index (χ0v) is 12.6. The van der Waals surface area contributed by atoms with E-state index in [2.05, 4.69) is 21.1 Å². The maximum atomic E-state index is 12.2. The summed E-state index contributed by atoms with van der Waals surface area (Å²) in [5, 5.41) is 3.85. The number of carbonyl (C=O) groups is 1. The van der Waals surface area contributed by atoms with Crippen LogP contribution in [0.5, 0.6) is 0 Å². The highest BCUT2D eigenvalue weighted by atomic mass is 79.9. The molecule has 1 aromatic rings. The van der Waals surface area contributed by atoms with E-state index in [1.807, 2.05) is 27.7 Å². The van der Waals surface area contributed by atoms with Crippen molar-refractivity contribution in [1.82, 2.24) is 5.16 Å². The first-order chi connectivity index (χ1) is 8.29. The molecular formula is C12H17BrN2O3. The van der Waals surface area contributed by atoms with Gasteiger partial charge in [-0.1, -0.05) is 5.16 Å². The first kappa shape index (κ1) is 13.4. The molecule has 1 aromatic heterocycles. The summed E-state index contributed by atoms with van der Waals surface area (Å²) in [5.74, 6) is 0.434. The number of anilines is 1. The number of carbonyl (C=O) groups excluding carboxylic acids is 1. The zero-order valence-electron chi connectivity index (χ0n) is 11.0. The van der Waals surface area contributed by atoms with Crippen molar-refractivity contribution in [1.29, 1.82) is 0 Å². The summed E-state index contributed by atoms with van der Waals surface area (Å²) in [6.07, 6.45) is 1.54. The average molecular weight is 317 g/mol. The molecule has 0 N–H and O–H groups in total. The van der Waals surface area contributed by atoms with Gasteiger partial charge in [-0.25, -0.2) is 9.69 Å². The minimum atomic E-state index is -0.522. The van der Waals surface area contributed by atoms with Gasteiger partial charge in [-0.15, -0.1) is 0 Å². The van der Waals surface area contributed by atoms with Gasteiger partial charge in [-0.2, -0.15) is 0 Å². The number of amides is 1. The van der Waals surface area contributed by atoms with Gasteiger partial charge in [-0.3, -0.25) is 0 Å². The largest absolute Gasteiger partial charge is 0.443 e. The van der Waals surface area contributed by atoms with Gasteiger partial charge in [0.05, 0.1) is 5.69 Å². The smallest absolute Gasteiger partial charge is 0.417 e. The molecule has 0 aliphatic heterocycles. The topological polar surface area (TPSA) is 55.6 Å². The molecule has 100 valence electrons. The number of hydrogen-bond acceptors (Lipinski definition) is 4. The number of hydrogen-bond donors (Lipinski definition) is 0. The molecular weight excluding hydrogens is 300 g/mol. The summed E-state index contributed by atoms with van der Waals surface area (Å²) < 4.78 is 11.3. The molecule has 1 saturated carbocycles. The van der Waals surface area contributed by atoms with E-state index in [1.165, 1.54) is 0 Å². The van der Waals surface area contributed by atoms with Gasteiger partial charge in [0.25, 0.3) is 5.88 Å². The van der Waals surface area contributed by atoms with Gasteiger partial charge in [-0.05, 0) is 56.5 Å². The van der Waals surface area contributed by atoms with Gasteiger partial charge < -0.3 is 9.26 Å². The van der Waals surface area contributed by atoms with Gasteiger partial charge in [0.1, 0.15) is 10.1 Å². The van der Waals surface area contributed by atoms with Crippen LogP contribution in [0.25, 0.3) is 0 Å². The van der Waals surface area contributed by atoms with Crippen molar-refractivity contribution in [3.63, 3.8) is 0 Å². The van der Waals surface area contributed by atoms with Crippen LogP contribution in [0, 0.1) is 6.92 Å². The quantitative estimate of drug-likeness (QED) is 0.835. The Balaban J connectivity index is 2.24. The minimum Gasteiger partial charge on any atom is -0.443 e. The molecule has 1 aliphatic rings. The molecule has 0 radical (unpaired) electrons. The summed E-state index contributed by atoms with van der Waals surface area (Å²) in [6.45, 7) is 7.35. The molecule has 0 aromatic carbocycles. The van der Waals surface area contributed by atoms with E-state index in [0.29, 0.717) is 10.4 Å². The van der Waals surface area contributed by atoms with Crippen LogP contribution in [0.15, 0.2) is 9.00 Å². The number of aromatic nitrogens is 1. The number of nitrogens with zero attached hydrogens (tertiary/aromatic N) is 2. The third-order valence-electron chi connectivity index (χ3n) is 2.50. The van der Waals surface area contributed by atoms with Crippen LogP contribution in [-0.4, -0.2) is 22.9 Å². The zero-order chi connectivity index (χ0) is 13.5. The molecule has 1 fully saturated rings. The normalized spacial score (nSPS) is 15.6. The Hall–Kier alpha value is -1.04. The molecule has 2 rings (SSSR count). The minimum absolute atomic E-state index is 0.156. The lowest BCUT2D eigenvalue weighted by atomic mass is 10.2. The Morgan fingerprint density at radius 1 is 1.50 bits per heavy atom. The number of aryl methyl sites for hydroxylation is 1. The summed E-state index contributed by atoms with van der Waals surface area (Å²) >= 11 is 3.39. The Morgan fingerprint density at radius 3 is 2.50 bits per heavy atom. The molecule has 0 unspecified atom stereocenters. The molecule has 18 heavy (non-hydrogen) atoms. The molecule has 0 bridgehead atoms. The van der Waals surface area contributed by atoms with Crippen LogP contribution in [0.2, 0.25) is 0 Å². The number of rotatable bonds is 2. The van der Waals surface area contributed by atoms with E-state index in [1.54, 1.807) is 4.90 Å². The van der Waals surface area contributed by atoms with E-state index in [0.717, 1.165) is 18.5 Å². The number of ether oxygens (including phenoxy) is 1. The maximum absolute atomic E-state index is 12.2. The third kappa shape index (κ3) is 2.85. The maximum Gasteiger partial charge on any atom is 0.417 e. The lowest BCUT2D eigenvalue weighted by molar-refractivity contribution is 0.0569. The average Bonchev–Trinajstić information content (AvgIpc) is 2.98. The van der Waals surface area contributed by atoms with Crippen molar-refractivity contribution in [2.24, 2.45) is 0 Å². The predicted octanol–water partition coefficient (Wildman–Crippen LogP) is 3.65. The fourth-order valence-electron chi connectivity index (χ4n) is 1.54. The fourth-order valence-corrected chi connectivity index (χ4v) is 1.87. The van der Waals surface area contributed by atoms with E-state index >= 15 is 0 Å². The van der Waals surface area contributed by atoms with E-state index in [-0.39, 0.29) is 12.1 Å². The third-order valence-corrected chi connectivity index (χ3v) is 3.41.